The summed E-state index contributed by atoms with van der Waals surface area (Å²) in [4.78, 5) is 12.0. The number of rotatable bonds is 2. The summed E-state index contributed by atoms with van der Waals surface area (Å²) in [5.41, 5.74) is 1.91. The first-order valence-electron chi connectivity index (χ1n) is 5.72. The van der Waals surface area contributed by atoms with Crippen LogP contribution in [0.2, 0.25) is 0 Å². The van der Waals surface area contributed by atoms with Gasteiger partial charge in [-0.2, -0.15) is 5.26 Å². The van der Waals surface area contributed by atoms with Gasteiger partial charge in [-0.1, -0.05) is 0 Å². The molecule has 1 aliphatic heterocycles. The minimum atomic E-state index is -0.673. The van der Waals surface area contributed by atoms with Gasteiger partial charge in [0, 0.05) is 11.9 Å². The van der Waals surface area contributed by atoms with Gasteiger partial charge in [0.2, 0.25) is 0 Å². The average molecular weight is 240 g/mol. The van der Waals surface area contributed by atoms with Crippen molar-refractivity contribution in [2.45, 2.75) is 12.3 Å². The molecule has 0 aliphatic carbocycles. The van der Waals surface area contributed by atoms with Crippen molar-refractivity contribution in [2.24, 2.45) is 0 Å². The monoisotopic (exact) mass is 240 g/mol. The summed E-state index contributed by atoms with van der Waals surface area (Å²) in [6, 6.07) is 8.04. The van der Waals surface area contributed by atoms with Gasteiger partial charge in [0.05, 0.1) is 30.7 Å². The number of hydrogen-bond donors (Lipinski definition) is 1. The molecule has 0 amide bonds. The van der Waals surface area contributed by atoms with Crippen LogP contribution in [-0.4, -0.2) is 28.2 Å². The summed E-state index contributed by atoms with van der Waals surface area (Å²) >= 11 is 0. The number of aromatic nitrogens is 3. The Bertz CT molecular complexity index is 608. The Hall–Kier alpha value is -2.19. The lowest BCUT2D eigenvalue weighted by Crippen LogP contribution is -2.47. The van der Waals surface area contributed by atoms with Gasteiger partial charge in [-0.15, -0.1) is 0 Å². The van der Waals surface area contributed by atoms with E-state index in [4.69, 9.17) is 4.74 Å². The highest BCUT2D eigenvalue weighted by molar-refractivity contribution is 5.55. The van der Waals surface area contributed by atoms with E-state index in [0.717, 1.165) is 17.1 Å². The molecular weight excluding hydrogens is 228 g/mol. The van der Waals surface area contributed by atoms with Crippen molar-refractivity contribution in [3.05, 3.63) is 35.9 Å². The van der Waals surface area contributed by atoms with Crippen LogP contribution in [0.3, 0.4) is 0 Å². The summed E-state index contributed by atoms with van der Waals surface area (Å²) in [6.07, 6.45) is 1.85. The van der Waals surface area contributed by atoms with Crippen LogP contribution in [0, 0.1) is 18.3 Å². The van der Waals surface area contributed by atoms with E-state index >= 15 is 0 Å². The maximum Gasteiger partial charge on any atom is 0.163 e. The van der Waals surface area contributed by atoms with E-state index < -0.39 is 5.41 Å². The highest BCUT2D eigenvalue weighted by Crippen LogP contribution is 2.30. The van der Waals surface area contributed by atoms with E-state index in [2.05, 4.69) is 21.0 Å². The number of hydrogen-bond acceptors (Lipinski definition) is 4. The minimum absolute atomic E-state index is 0.372. The Labute approximate surface area is 104 Å². The van der Waals surface area contributed by atoms with E-state index in [1.54, 1.807) is 0 Å². The molecule has 1 fully saturated rings. The fourth-order valence-electron chi connectivity index (χ4n) is 1.96. The summed E-state index contributed by atoms with van der Waals surface area (Å²) < 4.78 is 5.14. The molecule has 2 aromatic heterocycles. The van der Waals surface area contributed by atoms with E-state index in [9.17, 15) is 5.26 Å². The van der Waals surface area contributed by atoms with Crippen LogP contribution in [0.25, 0.3) is 11.4 Å². The Kier molecular flexibility index (Phi) is 2.39. The van der Waals surface area contributed by atoms with Gasteiger partial charge in [-0.25, -0.2) is 9.97 Å². The molecule has 18 heavy (non-hydrogen) atoms. The second-order valence-corrected chi connectivity index (χ2v) is 4.49. The van der Waals surface area contributed by atoms with Crippen molar-refractivity contribution >= 4 is 0 Å². The van der Waals surface area contributed by atoms with Crippen LogP contribution >= 0.6 is 0 Å². The number of aryl methyl sites for hydroxylation is 1. The quantitative estimate of drug-likeness (QED) is 0.864. The molecule has 0 bridgehead atoms. The summed E-state index contributed by atoms with van der Waals surface area (Å²) in [5.74, 6) is 0.556. The van der Waals surface area contributed by atoms with Crippen LogP contribution in [-0.2, 0) is 10.2 Å². The van der Waals surface area contributed by atoms with Crippen molar-refractivity contribution in [1.82, 2.24) is 15.0 Å². The zero-order valence-corrected chi connectivity index (χ0v) is 9.97. The first-order chi connectivity index (χ1) is 8.73. The average Bonchev–Trinajstić information content (AvgIpc) is 2.81. The van der Waals surface area contributed by atoms with Gasteiger partial charge in [0.25, 0.3) is 0 Å². The van der Waals surface area contributed by atoms with Crippen LogP contribution in [0.4, 0.5) is 0 Å². The Morgan fingerprint density at radius 3 is 2.83 bits per heavy atom. The Balaban J connectivity index is 2.10. The first-order valence-corrected chi connectivity index (χ1v) is 5.72. The fraction of sp³-hybridized carbons (Fsp3) is 0.308. The van der Waals surface area contributed by atoms with Crippen molar-refractivity contribution in [1.29, 1.82) is 5.26 Å². The van der Waals surface area contributed by atoms with Crippen LogP contribution in [0.5, 0.6) is 0 Å². The van der Waals surface area contributed by atoms with Gasteiger partial charge in [0.15, 0.2) is 11.2 Å². The van der Waals surface area contributed by atoms with Crippen molar-refractivity contribution in [3.63, 3.8) is 0 Å². The zero-order valence-electron chi connectivity index (χ0n) is 9.97. The number of ether oxygens (including phenoxy) is 1. The summed E-state index contributed by atoms with van der Waals surface area (Å²) in [7, 11) is 0. The Morgan fingerprint density at radius 2 is 2.28 bits per heavy atom. The lowest BCUT2D eigenvalue weighted by atomic mass is 9.86. The van der Waals surface area contributed by atoms with E-state index in [1.807, 2.05) is 31.3 Å². The number of nitriles is 1. The lowest BCUT2D eigenvalue weighted by Gasteiger charge is -2.33. The maximum atomic E-state index is 9.28. The number of nitrogens with one attached hydrogen (secondary N) is 1. The second-order valence-electron chi connectivity index (χ2n) is 4.49. The molecule has 1 aliphatic rings. The molecular formula is C13H12N4O. The fourth-order valence-corrected chi connectivity index (χ4v) is 1.96. The molecule has 3 heterocycles. The van der Waals surface area contributed by atoms with Gasteiger partial charge in [-0.05, 0) is 25.1 Å². The van der Waals surface area contributed by atoms with E-state index in [0.29, 0.717) is 19.0 Å². The second kappa shape index (κ2) is 3.93. The molecule has 0 saturated carbocycles. The van der Waals surface area contributed by atoms with Crippen LogP contribution < -0.4 is 0 Å². The highest BCUT2D eigenvalue weighted by atomic mass is 16.5. The predicted octanol–water partition coefficient (Wildman–Crippen LogP) is 1.57. The van der Waals surface area contributed by atoms with Crippen LogP contribution in [0.1, 0.15) is 11.5 Å². The SMILES string of the molecule is Cc1cc(-c2ccc[nH]2)nc(C2(C#N)COC2)n1. The molecule has 5 heteroatoms. The molecule has 5 nitrogen and oxygen atoms in total. The molecule has 1 saturated heterocycles. The standard InChI is InChI=1S/C13H12N4O/c1-9-5-11(10-3-2-4-15-10)17-12(16-9)13(6-14)7-18-8-13/h2-5,15H,7-8H2,1H3. The smallest absolute Gasteiger partial charge is 0.163 e. The van der Waals surface area contributed by atoms with Crippen molar-refractivity contribution < 1.29 is 4.74 Å². The maximum absolute atomic E-state index is 9.28. The largest absolute Gasteiger partial charge is 0.377 e. The molecule has 1 N–H and O–H groups in total. The predicted molar refractivity (Wildman–Crippen MR) is 64.7 cm³/mol. The summed E-state index contributed by atoms with van der Waals surface area (Å²) in [5, 5.41) is 9.28. The first kappa shape index (κ1) is 10.9. The third-order valence-corrected chi connectivity index (χ3v) is 3.07. The highest BCUT2D eigenvalue weighted by Gasteiger charge is 2.44. The molecule has 0 unspecified atom stereocenters. The molecule has 3 rings (SSSR count). The third-order valence-electron chi connectivity index (χ3n) is 3.07. The molecule has 0 spiro atoms. The van der Waals surface area contributed by atoms with E-state index in [-0.39, 0.29) is 0 Å². The number of H-pyrrole nitrogens is 1. The molecule has 90 valence electrons. The normalized spacial score (nSPS) is 16.9. The number of nitrogens with zero attached hydrogens (tertiary/aromatic N) is 3. The van der Waals surface area contributed by atoms with Crippen molar-refractivity contribution in [3.8, 4) is 17.5 Å². The zero-order chi connectivity index (χ0) is 12.6. The van der Waals surface area contributed by atoms with Gasteiger partial charge < -0.3 is 9.72 Å². The van der Waals surface area contributed by atoms with E-state index in [1.165, 1.54) is 0 Å². The minimum Gasteiger partial charge on any atom is -0.377 e. The molecule has 2 aromatic rings. The topological polar surface area (TPSA) is 74.6 Å². The number of aromatic amines is 1. The van der Waals surface area contributed by atoms with Gasteiger partial charge in [-0.3, -0.25) is 0 Å². The molecule has 0 aromatic carbocycles. The lowest BCUT2D eigenvalue weighted by molar-refractivity contribution is -0.0339. The van der Waals surface area contributed by atoms with Crippen molar-refractivity contribution in [2.75, 3.05) is 13.2 Å². The summed E-state index contributed by atoms with van der Waals surface area (Å²) in [6.45, 7) is 2.65. The third kappa shape index (κ3) is 1.59. The molecule has 0 atom stereocenters. The Morgan fingerprint density at radius 1 is 1.44 bits per heavy atom. The van der Waals surface area contributed by atoms with Crippen LogP contribution in [0.15, 0.2) is 24.4 Å². The van der Waals surface area contributed by atoms with Gasteiger partial charge in [0.1, 0.15) is 0 Å². The van der Waals surface area contributed by atoms with Gasteiger partial charge >= 0.3 is 0 Å². The molecule has 0 radical (unpaired) electrons.